The Kier molecular flexibility index (Phi) is 8.86. The van der Waals surface area contributed by atoms with Crippen molar-refractivity contribution in [2.24, 2.45) is 0 Å². The second kappa shape index (κ2) is 12.1. The Balaban J connectivity index is 1.39. The molecular weight excluding hydrogens is 468 g/mol. The molecule has 2 aromatic rings. The normalized spacial score (nSPS) is 21.0. The molecule has 2 aliphatic rings. The zero-order valence-corrected chi connectivity index (χ0v) is 20.5. The summed E-state index contributed by atoms with van der Waals surface area (Å²) >= 11 is 0. The molecule has 1 heterocycles. The van der Waals surface area contributed by atoms with Crippen molar-refractivity contribution in [3.05, 3.63) is 65.0 Å². The van der Waals surface area contributed by atoms with Gasteiger partial charge in [0.05, 0.1) is 23.9 Å². The van der Waals surface area contributed by atoms with Gasteiger partial charge in [0.25, 0.3) is 0 Å². The zero-order valence-electron chi connectivity index (χ0n) is 20.5. The van der Waals surface area contributed by atoms with E-state index in [-0.39, 0.29) is 5.69 Å². The fourth-order valence-electron chi connectivity index (χ4n) is 5.58. The van der Waals surface area contributed by atoms with Gasteiger partial charge < -0.3 is 10.2 Å². The average molecular weight is 503 g/mol. The van der Waals surface area contributed by atoms with E-state index in [4.69, 9.17) is 0 Å². The third kappa shape index (κ3) is 6.98. The highest BCUT2D eigenvalue weighted by Gasteiger charge is 2.34. The largest absolute Gasteiger partial charge is 0.419 e. The van der Waals surface area contributed by atoms with Crippen molar-refractivity contribution in [2.45, 2.75) is 63.1 Å². The van der Waals surface area contributed by atoms with Crippen LogP contribution in [0.15, 0.2) is 42.5 Å². The molecular formula is C28H34F4N4. The molecule has 4 nitrogen and oxygen atoms in total. The summed E-state index contributed by atoms with van der Waals surface area (Å²) in [5.74, 6) is -0.838. The Labute approximate surface area is 210 Å². The molecule has 1 aliphatic carbocycles. The Morgan fingerprint density at radius 1 is 1.03 bits per heavy atom. The molecule has 0 atom stereocenters. The summed E-state index contributed by atoms with van der Waals surface area (Å²) in [5.41, 5.74) is 0.917. The summed E-state index contributed by atoms with van der Waals surface area (Å²) in [6.45, 7) is 4.58. The number of nitriles is 1. The number of hydrogen-bond acceptors (Lipinski definition) is 4. The van der Waals surface area contributed by atoms with E-state index in [1.807, 2.05) is 18.2 Å². The van der Waals surface area contributed by atoms with Crippen LogP contribution in [0.3, 0.4) is 0 Å². The molecule has 1 saturated heterocycles. The van der Waals surface area contributed by atoms with Crippen LogP contribution in [0.2, 0.25) is 0 Å². The maximum atomic E-state index is 13.7. The number of anilines is 1. The molecule has 2 aromatic carbocycles. The van der Waals surface area contributed by atoms with Gasteiger partial charge in [-0.25, -0.2) is 4.39 Å². The van der Waals surface area contributed by atoms with Gasteiger partial charge in [0.2, 0.25) is 0 Å². The lowest BCUT2D eigenvalue weighted by atomic mass is 9.81. The van der Waals surface area contributed by atoms with E-state index in [1.165, 1.54) is 24.5 Å². The predicted octanol–water partition coefficient (Wildman–Crippen LogP) is 6.60. The van der Waals surface area contributed by atoms with Gasteiger partial charge in [-0.05, 0) is 106 Å². The van der Waals surface area contributed by atoms with E-state index in [0.29, 0.717) is 24.2 Å². The smallest absolute Gasteiger partial charge is 0.372 e. The van der Waals surface area contributed by atoms with Gasteiger partial charge >= 0.3 is 6.18 Å². The van der Waals surface area contributed by atoms with Crippen LogP contribution in [-0.2, 0) is 6.18 Å². The van der Waals surface area contributed by atoms with Crippen LogP contribution in [0.5, 0.6) is 0 Å². The second-order valence-corrected chi connectivity index (χ2v) is 9.98. The van der Waals surface area contributed by atoms with Crippen LogP contribution in [0.1, 0.15) is 67.6 Å². The molecule has 0 aromatic heterocycles. The lowest BCUT2D eigenvalue weighted by Gasteiger charge is -2.37. The number of halogens is 4. The highest BCUT2D eigenvalue weighted by atomic mass is 19.4. The molecule has 0 amide bonds. The van der Waals surface area contributed by atoms with Gasteiger partial charge in [0, 0.05) is 18.3 Å². The van der Waals surface area contributed by atoms with Gasteiger partial charge in [0.1, 0.15) is 5.82 Å². The lowest BCUT2D eigenvalue weighted by molar-refractivity contribution is -0.139. The molecule has 36 heavy (non-hydrogen) atoms. The van der Waals surface area contributed by atoms with Crippen LogP contribution >= 0.6 is 0 Å². The minimum atomic E-state index is -4.72. The van der Waals surface area contributed by atoms with Crippen molar-refractivity contribution in [1.82, 2.24) is 9.80 Å². The average Bonchev–Trinajstić information content (AvgIpc) is 3.40. The number of rotatable bonds is 9. The van der Waals surface area contributed by atoms with Gasteiger partial charge in [-0.15, -0.1) is 0 Å². The molecule has 0 spiro atoms. The highest BCUT2D eigenvalue weighted by Crippen LogP contribution is 2.36. The van der Waals surface area contributed by atoms with E-state index in [2.05, 4.69) is 27.3 Å². The minimum absolute atomic E-state index is 0.273. The van der Waals surface area contributed by atoms with E-state index >= 15 is 0 Å². The topological polar surface area (TPSA) is 42.3 Å². The van der Waals surface area contributed by atoms with Crippen molar-refractivity contribution in [1.29, 1.82) is 5.26 Å². The van der Waals surface area contributed by atoms with Crippen LogP contribution in [0.25, 0.3) is 0 Å². The minimum Gasteiger partial charge on any atom is -0.372 e. The van der Waals surface area contributed by atoms with Crippen LogP contribution in [0, 0.1) is 17.1 Å². The molecule has 1 aliphatic heterocycles. The molecule has 1 saturated carbocycles. The zero-order chi connectivity index (χ0) is 25.5. The van der Waals surface area contributed by atoms with E-state index < -0.39 is 17.6 Å². The third-order valence-electron chi connectivity index (χ3n) is 7.58. The summed E-state index contributed by atoms with van der Waals surface area (Å²) in [6, 6.07) is 13.5. The first kappa shape index (κ1) is 26.4. The number of nitrogens with one attached hydrogen (secondary N) is 1. The van der Waals surface area contributed by atoms with Crippen molar-refractivity contribution in [3.8, 4) is 6.07 Å². The third-order valence-corrected chi connectivity index (χ3v) is 7.58. The van der Waals surface area contributed by atoms with Gasteiger partial charge in [0.15, 0.2) is 0 Å². The standard InChI is InChI=1S/C28H34F4N4/c29-27-12-9-24(18-26(27)28(30,31)32)34-20-36(16-4-15-35-13-1-2-14-35)25-10-7-22(8-11-25)23-6-3-5-21(17-23)19-33/h3,5-6,9,12,17-18,22,25,34H,1-2,4,7-8,10-11,13-16,20H2. The van der Waals surface area contributed by atoms with Gasteiger partial charge in [-0.3, -0.25) is 4.90 Å². The predicted molar refractivity (Wildman–Crippen MR) is 133 cm³/mol. The fourth-order valence-corrected chi connectivity index (χ4v) is 5.58. The Morgan fingerprint density at radius 2 is 1.78 bits per heavy atom. The SMILES string of the molecule is N#Cc1cccc(C2CCC(N(CCCN3CCCC3)CNc3ccc(F)c(C(F)(F)F)c3)CC2)c1. The van der Waals surface area contributed by atoms with Crippen molar-refractivity contribution >= 4 is 5.69 Å². The summed E-state index contributed by atoms with van der Waals surface area (Å²) in [7, 11) is 0. The summed E-state index contributed by atoms with van der Waals surface area (Å²) in [5, 5.41) is 12.3. The molecule has 0 radical (unpaired) electrons. The van der Waals surface area contributed by atoms with Gasteiger partial charge in [-0.2, -0.15) is 18.4 Å². The molecule has 0 unspecified atom stereocenters. The van der Waals surface area contributed by atoms with E-state index in [9.17, 15) is 22.8 Å². The first-order valence-corrected chi connectivity index (χ1v) is 12.9. The van der Waals surface area contributed by atoms with Crippen LogP contribution in [0.4, 0.5) is 23.2 Å². The maximum absolute atomic E-state index is 13.7. The summed E-state index contributed by atoms with van der Waals surface area (Å²) in [4.78, 5) is 4.81. The number of benzene rings is 2. The van der Waals surface area contributed by atoms with E-state index in [1.54, 1.807) is 0 Å². The number of alkyl halides is 3. The Morgan fingerprint density at radius 3 is 2.47 bits per heavy atom. The van der Waals surface area contributed by atoms with Crippen molar-refractivity contribution in [2.75, 3.05) is 38.2 Å². The summed E-state index contributed by atoms with van der Waals surface area (Å²) < 4.78 is 53.2. The maximum Gasteiger partial charge on any atom is 0.419 e. The van der Waals surface area contributed by atoms with Gasteiger partial charge in [-0.1, -0.05) is 12.1 Å². The molecule has 194 valence electrons. The Hall–Kier alpha value is -2.63. The van der Waals surface area contributed by atoms with Crippen LogP contribution < -0.4 is 5.32 Å². The Bertz CT molecular complexity index is 1030. The second-order valence-electron chi connectivity index (χ2n) is 9.98. The monoisotopic (exact) mass is 502 g/mol. The molecule has 0 bridgehead atoms. The number of hydrogen-bond donors (Lipinski definition) is 1. The number of likely N-dealkylation sites (tertiary alicyclic amines) is 1. The molecule has 1 N–H and O–H groups in total. The molecule has 8 heteroatoms. The highest BCUT2D eigenvalue weighted by molar-refractivity contribution is 5.47. The molecule has 4 rings (SSSR count). The van der Waals surface area contributed by atoms with Crippen LogP contribution in [-0.4, -0.2) is 48.7 Å². The van der Waals surface area contributed by atoms with E-state index in [0.717, 1.165) is 70.4 Å². The summed E-state index contributed by atoms with van der Waals surface area (Å²) in [6.07, 6.45) is 2.77. The fraction of sp³-hybridized carbons (Fsp3) is 0.536. The first-order chi connectivity index (χ1) is 17.3. The lowest BCUT2D eigenvalue weighted by Crippen LogP contribution is -2.42. The van der Waals surface area contributed by atoms with Crippen molar-refractivity contribution in [3.63, 3.8) is 0 Å². The molecule has 2 fully saturated rings. The quantitative estimate of drug-likeness (QED) is 0.310. The number of nitrogens with zero attached hydrogens (tertiary/aromatic N) is 3. The first-order valence-electron chi connectivity index (χ1n) is 12.9. The van der Waals surface area contributed by atoms with Crippen molar-refractivity contribution < 1.29 is 17.6 Å².